The second kappa shape index (κ2) is 5.54. The molecule has 0 aromatic carbocycles. The van der Waals surface area contributed by atoms with E-state index in [0.717, 1.165) is 0 Å². The molecule has 1 saturated carbocycles. The van der Waals surface area contributed by atoms with Crippen molar-refractivity contribution in [2.75, 3.05) is 16.8 Å². The third-order valence-electron chi connectivity index (χ3n) is 2.90. The van der Waals surface area contributed by atoms with Crippen LogP contribution >= 0.6 is 27.7 Å². The molecule has 0 nitrogen and oxygen atoms in total. The molecule has 1 fully saturated rings. The number of hydrogen-bond donors (Lipinski definition) is 0. The van der Waals surface area contributed by atoms with E-state index in [2.05, 4.69) is 34.6 Å². The predicted octanol–water partition coefficient (Wildman–Crippen LogP) is 4.08. The maximum atomic E-state index is 3.65. The number of hydrogen-bond acceptors (Lipinski definition) is 1. The molecule has 0 bridgehead atoms. The zero-order valence-electron chi connectivity index (χ0n) is 7.94. The van der Waals surface area contributed by atoms with Gasteiger partial charge in [0.2, 0.25) is 0 Å². The summed E-state index contributed by atoms with van der Waals surface area (Å²) in [5.41, 5.74) is 0.717. The molecular formula is C10H19BrS. The van der Waals surface area contributed by atoms with Gasteiger partial charge in [0.25, 0.3) is 0 Å². The Labute approximate surface area is 89.0 Å². The predicted molar refractivity (Wildman–Crippen MR) is 62.3 cm³/mol. The molecule has 12 heavy (non-hydrogen) atoms. The van der Waals surface area contributed by atoms with Gasteiger partial charge in [-0.15, -0.1) is 0 Å². The van der Waals surface area contributed by atoms with Gasteiger partial charge in [-0.2, -0.15) is 11.8 Å². The topological polar surface area (TPSA) is 0 Å². The summed E-state index contributed by atoms with van der Waals surface area (Å²) < 4.78 is 0. The van der Waals surface area contributed by atoms with Crippen LogP contribution in [0.15, 0.2) is 0 Å². The maximum Gasteiger partial charge on any atom is 0.00879 e. The van der Waals surface area contributed by atoms with Gasteiger partial charge in [0, 0.05) is 5.33 Å². The zero-order valence-corrected chi connectivity index (χ0v) is 10.3. The highest BCUT2D eigenvalue weighted by atomic mass is 79.9. The molecule has 0 radical (unpaired) electrons. The van der Waals surface area contributed by atoms with Crippen LogP contribution in [-0.2, 0) is 0 Å². The van der Waals surface area contributed by atoms with Crippen molar-refractivity contribution in [3.05, 3.63) is 0 Å². The fourth-order valence-electron chi connectivity index (χ4n) is 1.82. The van der Waals surface area contributed by atoms with E-state index in [1.165, 1.54) is 48.9 Å². The van der Waals surface area contributed by atoms with Crippen LogP contribution in [0.25, 0.3) is 0 Å². The van der Waals surface area contributed by atoms with Crippen molar-refractivity contribution < 1.29 is 0 Å². The SMILES string of the molecule is CCSCCCC1(CBr)CCC1. The molecule has 0 spiro atoms. The van der Waals surface area contributed by atoms with Gasteiger partial charge in [-0.3, -0.25) is 0 Å². The van der Waals surface area contributed by atoms with Gasteiger partial charge >= 0.3 is 0 Å². The van der Waals surface area contributed by atoms with E-state index >= 15 is 0 Å². The first-order valence-electron chi connectivity index (χ1n) is 4.97. The fourth-order valence-corrected chi connectivity index (χ4v) is 3.30. The normalized spacial score (nSPS) is 20.5. The van der Waals surface area contributed by atoms with Crippen molar-refractivity contribution in [3.8, 4) is 0 Å². The van der Waals surface area contributed by atoms with Gasteiger partial charge in [0.15, 0.2) is 0 Å². The minimum Gasteiger partial charge on any atom is -0.162 e. The number of rotatable bonds is 6. The first kappa shape index (κ1) is 10.9. The lowest BCUT2D eigenvalue weighted by molar-refractivity contribution is 0.154. The minimum atomic E-state index is 0.717. The Morgan fingerprint density at radius 1 is 1.42 bits per heavy atom. The van der Waals surface area contributed by atoms with Crippen molar-refractivity contribution in [2.45, 2.75) is 39.0 Å². The van der Waals surface area contributed by atoms with E-state index < -0.39 is 0 Å². The summed E-state index contributed by atoms with van der Waals surface area (Å²) in [6.07, 6.45) is 7.27. The number of thioether (sulfide) groups is 1. The summed E-state index contributed by atoms with van der Waals surface area (Å²) in [4.78, 5) is 0. The number of alkyl halides is 1. The van der Waals surface area contributed by atoms with Crippen LogP contribution in [0.4, 0.5) is 0 Å². The molecule has 0 heterocycles. The Kier molecular flexibility index (Phi) is 5.03. The van der Waals surface area contributed by atoms with Gasteiger partial charge in [-0.05, 0) is 42.6 Å². The van der Waals surface area contributed by atoms with E-state index in [9.17, 15) is 0 Å². The molecule has 0 atom stereocenters. The molecule has 0 aromatic heterocycles. The van der Waals surface area contributed by atoms with Crippen molar-refractivity contribution in [1.82, 2.24) is 0 Å². The quantitative estimate of drug-likeness (QED) is 0.506. The van der Waals surface area contributed by atoms with Gasteiger partial charge in [0.05, 0.1) is 0 Å². The molecule has 2 heteroatoms. The van der Waals surface area contributed by atoms with E-state index in [4.69, 9.17) is 0 Å². The molecular weight excluding hydrogens is 232 g/mol. The van der Waals surface area contributed by atoms with Crippen LogP contribution in [0, 0.1) is 5.41 Å². The molecule has 0 aromatic rings. The first-order valence-corrected chi connectivity index (χ1v) is 7.24. The average molecular weight is 251 g/mol. The third kappa shape index (κ3) is 2.95. The molecule has 0 amide bonds. The summed E-state index contributed by atoms with van der Waals surface area (Å²) in [6.45, 7) is 2.24. The Bertz CT molecular complexity index is 115. The highest BCUT2D eigenvalue weighted by Gasteiger charge is 2.34. The second-order valence-electron chi connectivity index (χ2n) is 3.79. The smallest absolute Gasteiger partial charge is 0.00879 e. The molecule has 1 aliphatic carbocycles. The zero-order chi connectivity index (χ0) is 8.86. The molecule has 72 valence electrons. The van der Waals surface area contributed by atoms with E-state index in [1.807, 2.05) is 0 Å². The molecule has 0 saturated heterocycles. The maximum absolute atomic E-state index is 3.65. The second-order valence-corrected chi connectivity index (χ2v) is 5.74. The molecule has 0 N–H and O–H groups in total. The summed E-state index contributed by atoms with van der Waals surface area (Å²) in [7, 11) is 0. The van der Waals surface area contributed by atoms with Crippen molar-refractivity contribution in [3.63, 3.8) is 0 Å². The van der Waals surface area contributed by atoms with Crippen LogP contribution < -0.4 is 0 Å². The summed E-state index contributed by atoms with van der Waals surface area (Å²) in [5.74, 6) is 2.65. The lowest BCUT2D eigenvalue weighted by atomic mass is 9.68. The highest BCUT2D eigenvalue weighted by molar-refractivity contribution is 9.09. The Hall–Kier alpha value is 0.830. The third-order valence-corrected chi connectivity index (χ3v) is 5.07. The molecule has 0 aliphatic heterocycles. The van der Waals surface area contributed by atoms with Crippen LogP contribution in [0.1, 0.15) is 39.0 Å². The first-order chi connectivity index (χ1) is 5.83. The largest absolute Gasteiger partial charge is 0.162 e. The molecule has 0 unspecified atom stereocenters. The number of halogens is 1. The van der Waals surface area contributed by atoms with Crippen molar-refractivity contribution >= 4 is 27.7 Å². The summed E-state index contributed by atoms with van der Waals surface area (Å²) >= 11 is 5.72. The molecule has 1 rings (SSSR count). The highest BCUT2D eigenvalue weighted by Crippen LogP contribution is 2.46. The van der Waals surface area contributed by atoms with E-state index in [1.54, 1.807) is 0 Å². The molecule has 1 aliphatic rings. The van der Waals surface area contributed by atoms with E-state index in [0.29, 0.717) is 5.41 Å². The van der Waals surface area contributed by atoms with Gasteiger partial charge < -0.3 is 0 Å². The monoisotopic (exact) mass is 250 g/mol. The van der Waals surface area contributed by atoms with E-state index in [-0.39, 0.29) is 0 Å². The lowest BCUT2D eigenvalue weighted by Gasteiger charge is -2.40. The average Bonchev–Trinajstić information content (AvgIpc) is 2.02. The van der Waals surface area contributed by atoms with Crippen LogP contribution in [0.2, 0.25) is 0 Å². The Morgan fingerprint density at radius 2 is 2.17 bits per heavy atom. The van der Waals surface area contributed by atoms with Gasteiger partial charge in [0.1, 0.15) is 0 Å². The van der Waals surface area contributed by atoms with Crippen LogP contribution in [-0.4, -0.2) is 16.8 Å². The lowest BCUT2D eigenvalue weighted by Crippen LogP contribution is -2.31. The standard InChI is InChI=1S/C10H19BrS/c1-2-12-8-4-7-10(9-11)5-3-6-10/h2-9H2,1H3. The van der Waals surface area contributed by atoms with Crippen molar-refractivity contribution in [1.29, 1.82) is 0 Å². The van der Waals surface area contributed by atoms with Gasteiger partial charge in [-0.1, -0.05) is 29.3 Å². The fraction of sp³-hybridized carbons (Fsp3) is 1.00. The minimum absolute atomic E-state index is 0.717. The Balaban J connectivity index is 2.04. The van der Waals surface area contributed by atoms with Crippen LogP contribution in [0.5, 0.6) is 0 Å². The van der Waals surface area contributed by atoms with Crippen LogP contribution in [0.3, 0.4) is 0 Å². The van der Waals surface area contributed by atoms with Crippen molar-refractivity contribution in [2.24, 2.45) is 5.41 Å². The Morgan fingerprint density at radius 3 is 2.58 bits per heavy atom. The van der Waals surface area contributed by atoms with Gasteiger partial charge in [-0.25, -0.2) is 0 Å². The summed E-state index contributed by atoms with van der Waals surface area (Å²) in [5, 5.41) is 1.23. The summed E-state index contributed by atoms with van der Waals surface area (Å²) in [6, 6.07) is 0.